The summed E-state index contributed by atoms with van der Waals surface area (Å²) in [4.78, 5) is 12.1. The van der Waals surface area contributed by atoms with E-state index in [0.717, 1.165) is 0 Å². The monoisotopic (exact) mass is 395 g/mol. The summed E-state index contributed by atoms with van der Waals surface area (Å²) in [5.74, 6) is 1.01. The van der Waals surface area contributed by atoms with Gasteiger partial charge in [0.15, 0.2) is 18.1 Å². The third kappa shape index (κ3) is 4.27. The lowest BCUT2D eigenvalue weighted by Gasteiger charge is -2.12. The lowest BCUT2D eigenvalue weighted by Crippen LogP contribution is -2.05. The predicted molar refractivity (Wildman–Crippen MR) is 99.7 cm³/mol. The molecule has 1 aromatic heterocycles. The average molecular weight is 395 g/mol. The Bertz CT molecular complexity index is 1050. The molecule has 2 aromatic carbocycles. The molecule has 9 heteroatoms. The van der Waals surface area contributed by atoms with E-state index >= 15 is 0 Å². The maximum atomic E-state index is 12.1. The maximum absolute atomic E-state index is 12.1. The zero-order valence-electron chi connectivity index (χ0n) is 16.0. The van der Waals surface area contributed by atoms with Crippen molar-refractivity contribution in [2.24, 2.45) is 0 Å². The SMILES string of the molecule is COc1cc(-c2nnc(COC(=O)c3cccc(C#N)c3)o2)cc(OC)c1OC. The summed E-state index contributed by atoms with van der Waals surface area (Å²) in [6, 6.07) is 11.5. The number of methoxy groups -OCH3 is 3. The number of nitriles is 1. The molecule has 0 N–H and O–H groups in total. The molecule has 9 nitrogen and oxygen atoms in total. The zero-order valence-corrected chi connectivity index (χ0v) is 16.0. The number of hydrogen-bond donors (Lipinski definition) is 0. The minimum atomic E-state index is -0.602. The molecule has 0 unspecified atom stereocenters. The third-order valence-corrected chi connectivity index (χ3v) is 3.93. The number of esters is 1. The van der Waals surface area contributed by atoms with Gasteiger partial charge < -0.3 is 23.4 Å². The van der Waals surface area contributed by atoms with Gasteiger partial charge in [-0.1, -0.05) is 6.07 Å². The fraction of sp³-hybridized carbons (Fsp3) is 0.200. The van der Waals surface area contributed by atoms with E-state index in [1.807, 2.05) is 6.07 Å². The highest BCUT2D eigenvalue weighted by Crippen LogP contribution is 2.40. The van der Waals surface area contributed by atoms with Crippen molar-refractivity contribution in [3.05, 3.63) is 53.4 Å². The molecular weight excluding hydrogens is 378 g/mol. The highest BCUT2D eigenvalue weighted by atomic mass is 16.5. The number of hydrogen-bond acceptors (Lipinski definition) is 9. The Morgan fingerprint density at radius 3 is 2.41 bits per heavy atom. The van der Waals surface area contributed by atoms with Gasteiger partial charge in [-0.15, -0.1) is 10.2 Å². The smallest absolute Gasteiger partial charge is 0.338 e. The molecule has 1 heterocycles. The summed E-state index contributed by atoms with van der Waals surface area (Å²) in [5, 5.41) is 16.8. The van der Waals surface area contributed by atoms with Gasteiger partial charge >= 0.3 is 5.97 Å². The Balaban J connectivity index is 1.76. The number of benzene rings is 2. The minimum absolute atomic E-state index is 0.110. The van der Waals surface area contributed by atoms with Crippen molar-refractivity contribution < 1.29 is 28.2 Å². The number of nitrogens with zero attached hydrogens (tertiary/aromatic N) is 3. The topological polar surface area (TPSA) is 117 Å². The van der Waals surface area contributed by atoms with Gasteiger partial charge in [-0.3, -0.25) is 0 Å². The van der Waals surface area contributed by atoms with Gasteiger partial charge in [-0.05, 0) is 30.3 Å². The second-order valence-electron chi connectivity index (χ2n) is 5.68. The second kappa shape index (κ2) is 8.75. The van der Waals surface area contributed by atoms with Crippen LogP contribution in [0.2, 0.25) is 0 Å². The van der Waals surface area contributed by atoms with Gasteiger partial charge in [0.25, 0.3) is 5.89 Å². The van der Waals surface area contributed by atoms with E-state index in [1.54, 1.807) is 30.3 Å². The van der Waals surface area contributed by atoms with E-state index in [4.69, 9.17) is 28.6 Å². The minimum Gasteiger partial charge on any atom is -0.493 e. The molecule has 3 rings (SSSR count). The highest BCUT2D eigenvalue weighted by Gasteiger charge is 2.18. The Kier molecular flexibility index (Phi) is 5.94. The van der Waals surface area contributed by atoms with Gasteiger partial charge in [0.2, 0.25) is 11.6 Å². The summed E-state index contributed by atoms with van der Waals surface area (Å²) in [6.07, 6.45) is 0. The van der Waals surface area contributed by atoms with Crippen LogP contribution < -0.4 is 14.2 Å². The van der Waals surface area contributed by atoms with Crippen molar-refractivity contribution in [1.82, 2.24) is 10.2 Å². The van der Waals surface area contributed by atoms with E-state index in [2.05, 4.69) is 10.2 Å². The molecule has 0 atom stereocenters. The van der Waals surface area contributed by atoms with Crippen LogP contribution in [-0.4, -0.2) is 37.5 Å². The molecule has 0 saturated carbocycles. The summed E-state index contributed by atoms with van der Waals surface area (Å²) in [7, 11) is 4.51. The second-order valence-corrected chi connectivity index (χ2v) is 5.68. The van der Waals surface area contributed by atoms with Gasteiger partial charge in [0.1, 0.15) is 0 Å². The maximum Gasteiger partial charge on any atom is 0.338 e. The summed E-state index contributed by atoms with van der Waals surface area (Å²) >= 11 is 0. The molecule has 0 saturated heterocycles. The molecule has 0 amide bonds. The highest BCUT2D eigenvalue weighted by molar-refractivity contribution is 5.89. The summed E-state index contributed by atoms with van der Waals surface area (Å²) in [5.41, 5.74) is 1.17. The van der Waals surface area contributed by atoms with Crippen LogP contribution in [0, 0.1) is 11.3 Å². The van der Waals surface area contributed by atoms with Crippen molar-refractivity contribution in [2.45, 2.75) is 6.61 Å². The Hall–Kier alpha value is -4.06. The molecule has 0 aliphatic rings. The van der Waals surface area contributed by atoms with E-state index < -0.39 is 5.97 Å². The first kappa shape index (κ1) is 19.7. The number of carbonyl (C=O) groups excluding carboxylic acids is 1. The Morgan fingerprint density at radius 1 is 1.07 bits per heavy atom. The van der Waals surface area contributed by atoms with E-state index in [9.17, 15) is 4.79 Å². The molecule has 0 bridgehead atoms. The van der Waals surface area contributed by atoms with Crippen molar-refractivity contribution >= 4 is 5.97 Å². The summed E-state index contributed by atoms with van der Waals surface area (Å²) < 4.78 is 26.6. The van der Waals surface area contributed by atoms with Crippen LogP contribution in [0.4, 0.5) is 0 Å². The molecule has 0 aliphatic carbocycles. The van der Waals surface area contributed by atoms with Crippen LogP contribution in [0.15, 0.2) is 40.8 Å². The van der Waals surface area contributed by atoms with Gasteiger partial charge in [0, 0.05) is 5.56 Å². The standard InChI is InChI=1S/C20H17N3O6/c1-25-15-8-14(9-16(26-2)18(15)27-3)19-23-22-17(29-19)11-28-20(24)13-6-4-5-12(7-13)10-21/h4-9H,11H2,1-3H3. The lowest BCUT2D eigenvalue weighted by molar-refractivity contribution is 0.0438. The number of rotatable bonds is 7. The van der Waals surface area contributed by atoms with E-state index in [1.165, 1.54) is 27.4 Å². The average Bonchev–Trinajstić information content (AvgIpc) is 3.25. The van der Waals surface area contributed by atoms with Crippen molar-refractivity contribution in [2.75, 3.05) is 21.3 Å². The largest absolute Gasteiger partial charge is 0.493 e. The summed E-state index contributed by atoms with van der Waals surface area (Å²) in [6.45, 7) is -0.215. The van der Waals surface area contributed by atoms with Crippen molar-refractivity contribution in [3.8, 4) is 34.8 Å². The van der Waals surface area contributed by atoms with Crippen LogP contribution in [0.25, 0.3) is 11.5 Å². The molecule has 0 radical (unpaired) electrons. The van der Waals surface area contributed by atoms with Gasteiger partial charge in [-0.25, -0.2) is 4.79 Å². The molecular formula is C20H17N3O6. The fourth-order valence-corrected chi connectivity index (χ4v) is 2.56. The fourth-order valence-electron chi connectivity index (χ4n) is 2.56. The molecule has 0 fully saturated rings. The first-order valence-corrected chi connectivity index (χ1v) is 8.39. The molecule has 0 spiro atoms. The molecule has 29 heavy (non-hydrogen) atoms. The molecule has 148 valence electrons. The molecule has 0 aliphatic heterocycles. The van der Waals surface area contributed by atoms with E-state index in [-0.39, 0.29) is 24.0 Å². The first-order chi connectivity index (χ1) is 14.1. The Morgan fingerprint density at radius 2 is 1.79 bits per heavy atom. The van der Waals surface area contributed by atoms with Crippen LogP contribution >= 0.6 is 0 Å². The van der Waals surface area contributed by atoms with Crippen molar-refractivity contribution in [3.63, 3.8) is 0 Å². The quantitative estimate of drug-likeness (QED) is 0.556. The van der Waals surface area contributed by atoms with Crippen LogP contribution in [0.1, 0.15) is 21.8 Å². The van der Waals surface area contributed by atoms with Crippen LogP contribution in [0.5, 0.6) is 17.2 Å². The number of carbonyl (C=O) groups is 1. The van der Waals surface area contributed by atoms with Crippen molar-refractivity contribution in [1.29, 1.82) is 5.26 Å². The zero-order chi connectivity index (χ0) is 20.8. The number of aromatic nitrogens is 2. The molecule has 3 aromatic rings. The van der Waals surface area contributed by atoms with Gasteiger partial charge in [-0.2, -0.15) is 5.26 Å². The van der Waals surface area contributed by atoms with E-state index in [0.29, 0.717) is 28.4 Å². The predicted octanol–water partition coefficient (Wildman–Crippen LogP) is 2.99. The lowest BCUT2D eigenvalue weighted by atomic mass is 10.1. The Labute approximate surface area is 166 Å². The van der Waals surface area contributed by atoms with Crippen LogP contribution in [-0.2, 0) is 11.3 Å². The van der Waals surface area contributed by atoms with Crippen LogP contribution in [0.3, 0.4) is 0 Å². The normalized spacial score (nSPS) is 10.1. The number of ether oxygens (including phenoxy) is 4. The third-order valence-electron chi connectivity index (χ3n) is 3.93. The first-order valence-electron chi connectivity index (χ1n) is 8.39. The van der Waals surface area contributed by atoms with Gasteiger partial charge in [0.05, 0.1) is 38.5 Å².